The Bertz CT molecular complexity index is 1510. The summed E-state index contributed by atoms with van der Waals surface area (Å²) in [4.78, 5) is 41.5. The number of likely N-dealkylation sites (tertiary alicyclic amines) is 1. The largest absolute Gasteiger partial charge is 0.481 e. The molecule has 3 aliphatic rings. The summed E-state index contributed by atoms with van der Waals surface area (Å²) in [5, 5.41) is 15.8. The number of carbonyl (C=O) groups excluding carboxylic acids is 1. The van der Waals surface area contributed by atoms with Crippen LogP contribution in [0.4, 0.5) is 13.2 Å². The van der Waals surface area contributed by atoms with Crippen LogP contribution in [0.3, 0.4) is 0 Å². The second-order valence-corrected chi connectivity index (χ2v) is 12.7. The number of nitrogens with zero attached hydrogens (tertiary/aromatic N) is 4. The SMILES string of the molecule is CCOC(=O)C1=C(CN2CC(F)(F)[C@H]3[C@@H]2CON3C[C@@H](OC)C(C)(C)C(=O)O)NC(c2nccs2)=N[C@H]1c1cccc(F)c1Cl. The first-order chi connectivity index (χ1) is 21.3. The highest BCUT2D eigenvalue weighted by atomic mass is 35.5. The Kier molecular flexibility index (Phi) is 9.59. The number of aliphatic imine (C=N–C) groups is 1. The molecule has 3 aliphatic heterocycles. The number of hydrogen-bond acceptors (Lipinski definition) is 11. The minimum atomic E-state index is -3.27. The predicted molar refractivity (Wildman–Crippen MR) is 159 cm³/mol. The lowest BCUT2D eigenvalue weighted by molar-refractivity contribution is -0.205. The van der Waals surface area contributed by atoms with E-state index in [2.05, 4.69) is 15.3 Å². The van der Waals surface area contributed by atoms with Gasteiger partial charge in [0.15, 0.2) is 10.8 Å². The number of hydrogen-bond donors (Lipinski definition) is 2. The van der Waals surface area contributed by atoms with Crippen molar-refractivity contribution in [2.45, 2.75) is 50.9 Å². The van der Waals surface area contributed by atoms with Crippen LogP contribution >= 0.6 is 22.9 Å². The van der Waals surface area contributed by atoms with Crippen LogP contribution in [0.15, 0.2) is 46.0 Å². The number of aromatic nitrogens is 1. The second-order valence-electron chi connectivity index (χ2n) is 11.4. The van der Waals surface area contributed by atoms with Crippen molar-refractivity contribution in [1.29, 1.82) is 0 Å². The molecule has 0 unspecified atom stereocenters. The minimum absolute atomic E-state index is 0.00477. The molecule has 11 nitrogen and oxygen atoms in total. The Morgan fingerprint density at radius 2 is 2.11 bits per heavy atom. The monoisotopic (exact) mass is 671 g/mol. The number of benzene rings is 1. The average molecular weight is 672 g/mol. The van der Waals surface area contributed by atoms with Gasteiger partial charge in [-0.3, -0.25) is 19.5 Å². The van der Waals surface area contributed by atoms with Gasteiger partial charge in [-0.1, -0.05) is 23.7 Å². The summed E-state index contributed by atoms with van der Waals surface area (Å²) in [6, 6.07) is 0.774. The molecule has 0 bridgehead atoms. The maximum absolute atomic E-state index is 15.7. The van der Waals surface area contributed by atoms with Crippen molar-refractivity contribution in [3.05, 3.63) is 62.5 Å². The number of nitrogens with one attached hydrogen (secondary N) is 1. The number of aliphatic carboxylic acids is 1. The molecule has 16 heteroatoms. The van der Waals surface area contributed by atoms with Crippen molar-refractivity contribution in [2.24, 2.45) is 10.4 Å². The van der Waals surface area contributed by atoms with E-state index < -0.39 is 59.9 Å². The molecule has 0 radical (unpaired) electrons. The standard InChI is InChI=1S/C29H33ClF3N5O6S/c1-5-43-26(39)20-17(35-24(25-34-9-10-45-25)36-22(20)15-7-6-8-16(31)21(15)30)11-37-14-29(32,33)23-18(37)13-44-38(23)12-19(42-4)28(2,3)27(40)41/h6-10,18-19,22-23H,5,11-14H2,1-4H3,(H,35,36)(H,40,41)/t18-,19+,22-,23+/m0/s1. The van der Waals surface area contributed by atoms with E-state index in [-0.39, 0.29) is 54.0 Å². The number of halogens is 4. The molecule has 4 heterocycles. The summed E-state index contributed by atoms with van der Waals surface area (Å²) in [7, 11) is 1.32. The summed E-state index contributed by atoms with van der Waals surface area (Å²) in [5.74, 6) is -5.64. The summed E-state index contributed by atoms with van der Waals surface area (Å²) in [6.45, 7) is 3.37. The van der Waals surface area contributed by atoms with Crippen molar-refractivity contribution >= 4 is 40.7 Å². The Morgan fingerprint density at radius 1 is 1.36 bits per heavy atom. The number of amidine groups is 1. The van der Waals surface area contributed by atoms with Crippen LogP contribution in [0.5, 0.6) is 0 Å². The number of carbonyl (C=O) groups is 2. The molecule has 1 aromatic carbocycles. The van der Waals surface area contributed by atoms with E-state index in [0.29, 0.717) is 5.01 Å². The normalized spacial score (nSPS) is 24.3. The van der Waals surface area contributed by atoms with Gasteiger partial charge < -0.3 is 19.9 Å². The molecule has 0 amide bonds. The molecular weight excluding hydrogens is 639 g/mol. The first-order valence-electron chi connectivity index (χ1n) is 14.2. The van der Waals surface area contributed by atoms with Crippen LogP contribution in [-0.4, -0.2) is 102 Å². The molecular formula is C29H33ClF3N5O6S. The fraction of sp³-hybridized carbons (Fsp3) is 0.517. The number of carboxylic acid groups (broad SMARTS) is 1. The number of ether oxygens (including phenoxy) is 2. The molecule has 1 aromatic heterocycles. The van der Waals surface area contributed by atoms with E-state index in [1.165, 1.54) is 55.4 Å². The Labute approximate surface area is 266 Å². The molecule has 0 saturated carbocycles. The molecule has 2 N–H and O–H groups in total. The van der Waals surface area contributed by atoms with Crippen molar-refractivity contribution < 1.29 is 42.2 Å². The molecule has 2 aromatic rings. The van der Waals surface area contributed by atoms with Crippen molar-refractivity contribution in [3.63, 3.8) is 0 Å². The number of hydroxylamine groups is 2. The zero-order valence-corrected chi connectivity index (χ0v) is 26.5. The molecule has 45 heavy (non-hydrogen) atoms. The molecule has 2 saturated heterocycles. The number of rotatable bonds is 11. The van der Waals surface area contributed by atoms with Crippen LogP contribution < -0.4 is 5.32 Å². The highest BCUT2D eigenvalue weighted by molar-refractivity contribution is 7.11. The van der Waals surface area contributed by atoms with Gasteiger partial charge in [-0.2, -0.15) is 5.06 Å². The van der Waals surface area contributed by atoms with Crippen molar-refractivity contribution in [3.8, 4) is 0 Å². The van der Waals surface area contributed by atoms with Crippen LogP contribution in [-0.2, 0) is 23.9 Å². The average Bonchev–Trinajstić information content (AvgIpc) is 3.72. The number of carboxylic acids is 1. The van der Waals surface area contributed by atoms with Gasteiger partial charge in [0.25, 0.3) is 5.92 Å². The molecule has 2 fully saturated rings. The lowest BCUT2D eigenvalue weighted by atomic mass is 9.86. The third-order valence-corrected chi connectivity index (χ3v) is 9.46. The number of thiazole rings is 1. The maximum Gasteiger partial charge on any atom is 0.338 e. The molecule has 5 rings (SSSR count). The zero-order chi connectivity index (χ0) is 32.7. The van der Waals surface area contributed by atoms with Crippen LogP contribution in [0.1, 0.15) is 37.4 Å². The molecule has 0 aliphatic carbocycles. The summed E-state index contributed by atoms with van der Waals surface area (Å²) in [6.07, 6.45) is 0.610. The van der Waals surface area contributed by atoms with E-state index in [9.17, 15) is 19.1 Å². The van der Waals surface area contributed by atoms with Crippen molar-refractivity contribution in [1.82, 2.24) is 20.3 Å². The van der Waals surface area contributed by atoms with E-state index in [1.54, 1.807) is 18.5 Å². The fourth-order valence-electron chi connectivity index (χ4n) is 5.83. The highest BCUT2D eigenvalue weighted by Gasteiger charge is 2.61. The minimum Gasteiger partial charge on any atom is -0.481 e. The third kappa shape index (κ3) is 6.33. The lowest BCUT2D eigenvalue weighted by Gasteiger charge is -2.34. The van der Waals surface area contributed by atoms with Crippen LogP contribution in [0, 0.1) is 11.2 Å². The number of fused-ring (bicyclic) bond motifs is 1. The predicted octanol–water partition coefficient (Wildman–Crippen LogP) is 3.91. The van der Waals surface area contributed by atoms with Crippen LogP contribution in [0.2, 0.25) is 5.02 Å². The van der Waals surface area contributed by atoms with Gasteiger partial charge in [0.05, 0.1) is 54.5 Å². The summed E-state index contributed by atoms with van der Waals surface area (Å²) in [5.41, 5.74) is -0.974. The molecule has 4 atom stereocenters. The van der Waals surface area contributed by atoms with Gasteiger partial charge in [-0.05, 0) is 26.8 Å². The smallest absolute Gasteiger partial charge is 0.338 e. The van der Waals surface area contributed by atoms with Gasteiger partial charge in [0.1, 0.15) is 17.9 Å². The second kappa shape index (κ2) is 13.0. The number of methoxy groups -OCH3 is 1. The maximum atomic E-state index is 15.7. The highest BCUT2D eigenvalue weighted by Crippen LogP contribution is 2.43. The summed E-state index contributed by atoms with van der Waals surface area (Å²) < 4.78 is 56.9. The fourth-order valence-corrected chi connectivity index (χ4v) is 6.65. The Hall–Kier alpha value is -3.08. The first-order valence-corrected chi connectivity index (χ1v) is 15.4. The topological polar surface area (TPSA) is 126 Å². The zero-order valence-electron chi connectivity index (χ0n) is 24.9. The number of alkyl halides is 2. The van der Waals surface area contributed by atoms with E-state index >= 15 is 8.78 Å². The third-order valence-electron chi connectivity index (χ3n) is 8.28. The van der Waals surface area contributed by atoms with E-state index in [4.69, 9.17) is 25.9 Å². The Morgan fingerprint density at radius 3 is 2.76 bits per heavy atom. The van der Waals surface area contributed by atoms with Gasteiger partial charge in [0.2, 0.25) is 0 Å². The van der Waals surface area contributed by atoms with Gasteiger partial charge in [0, 0.05) is 36.5 Å². The summed E-state index contributed by atoms with van der Waals surface area (Å²) >= 11 is 7.63. The quantitative estimate of drug-likeness (QED) is 0.340. The Balaban J connectivity index is 1.51. The number of esters is 1. The van der Waals surface area contributed by atoms with E-state index in [0.717, 1.165) is 5.06 Å². The lowest BCUT2D eigenvalue weighted by Crippen LogP contribution is -2.51. The van der Waals surface area contributed by atoms with Gasteiger partial charge in [-0.15, -0.1) is 11.3 Å². The van der Waals surface area contributed by atoms with Gasteiger partial charge >= 0.3 is 11.9 Å². The van der Waals surface area contributed by atoms with Crippen molar-refractivity contribution in [2.75, 3.05) is 40.0 Å². The molecule has 0 spiro atoms. The van der Waals surface area contributed by atoms with E-state index in [1.807, 2.05) is 0 Å². The van der Waals surface area contributed by atoms with Crippen LogP contribution in [0.25, 0.3) is 0 Å². The first kappa shape index (κ1) is 33.3. The molecule has 244 valence electrons. The van der Waals surface area contributed by atoms with Gasteiger partial charge in [-0.25, -0.2) is 22.9 Å².